The Morgan fingerprint density at radius 1 is 0.939 bits per heavy atom. The smallest absolute Gasteiger partial charge is 0.331 e. The van der Waals surface area contributed by atoms with Gasteiger partial charge in [-0.2, -0.15) is 0 Å². The molecule has 7 nitrogen and oxygen atoms in total. The summed E-state index contributed by atoms with van der Waals surface area (Å²) in [6.45, 7) is 3.16. The Kier molecular flexibility index (Phi) is 5.01. The number of ether oxygens (including phenoxy) is 1. The lowest BCUT2D eigenvalue weighted by atomic mass is 10.0. The first kappa shape index (κ1) is 21.3. The summed E-state index contributed by atoms with van der Waals surface area (Å²) in [5.74, 6) is 0. The van der Waals surface area contributed by atoms with Crippen molar-refractivity contribution in [3.63, 3.8) is 0 Å². The average molecular weight is 445 g/mol. The fourth-order valence-electron chi connectivity index (χ4n) is 4.79. The van der Waals surface area contributed by atoms with Gasteiger partial charge >= 0.3 is 5.69 Å². The summed E-state index contributed by atoms with van der Waals surface area (Å²) in [5.41, 5.74) is 5.89. The first-order chi connectivity index (χ1) is 15.8. The minimum Gasteiger partial charge on any atom is -0.378 e. The first-order valence-electron chi connectivity index (χ1n) is 11.1. The Balaban J connectivity index is 1.86. The molecule has 4 aromatic rings. The second-order valence-electron chi connectivity index (χ2n) is 8.92. The minimum atomic E-state index is -0.380. The SMILES string of the molecule is Cc1ccc(-c2c3c(=O)n(C)c(=O)n(C)c3c3n2CCOC3c2ccc(N(C)C)cc2)cc1. The zero-order chi connectivity index (χ0) is 23.4. The number of hydrogen-bond donors (Lipinski definition) is 0. The molecular formula is C26H28N4O3. The van der Waals surface area contributed by atoms with Crippen molar-refractivity contribution in [1.29, 1.82) is 0 Å². The maximum Gasteiger partial charge on any atom is 0.331 e. The number of fused-ring (bicyclic) bond motifs is 3. The standard InChI is InChI=1S/C26H28N4O3/c1-16-6-8-17(9-7-16)21-20-22(28(4)26(32)29(5)25(20)31)23-24(33-15-14-30(21)23)18-10-12-19(13-11-18)27(2)3/h6-13,24H,14-15H2,1-5H3. The van der Waals surface area contributed by atoms with Crippen LogP contribution in [0.1, 0.15) is 22.9 Å². The van der Waals surface area contributed by atoms with Crippen molar-refractivity contribution in [1.82, 2.24) is 13.7 Å². The van der Waals surface area contributed by atoms with Crippen LogP contribution in [-0.4, -0.2) is 34.4 Å². The Bertz CT molecular complexity index is 1470. The van der Waals surface area contributed by atoms with E-state index in [2.05, 4.69) is 28.8 Å². The van der Waals surface area contributed by atoms with Crippen molar-refractivity contribution in [3.8, 4) is 11.3 Å². The van der Waals surface area contributed by atoms with Crippen LogP contribution in [0.5, 0.6) is 0 Å². The summed E-state index contributed by atoms with van der Waals surface area (Å²) in [6.07, 6.45) is -0.380. The van der Waals surface area contributed by atoms with E-state index in [0.29, 0.717) is 24.1 Å². The third kappa shape index (κ3) is 3.23. The lowest BCUT2D eigenvalue weighted by Gasteiger charge is -2.28. The van der Waals surface area contributed by atoms with Gasteiger partial charge in [0.1, 0.15) is 6.10 Å². The summed E-state index contributed by atoms with van der Waals surface area (Å²) in [6, 6.07) is 16.4. The highest BCUT2D eigenvalue weighted by molar-refractivity contribution is 5.96. The molecule has 5 rings (SSSR count). The van der Waals surface area contributed by atoms with E-state index >= 15 is 0 Å². The number of aryl methyl sites for hydroxylation is 2. The first-order valence-corrected chi connectivity index (χ1v) is 11.1. The van der Waals surface area contributed by atoms with Crippen LogP contribution in [0, 0.1) is 6.92 Å². The molecule has 170 valence electrons. The van der Waals surface area contributed by atoms with Crippen molar-refractivity contribution < 1.29 is 4.74 Å². The molecule has 33 heavy (non-hydrogen) atoms. The Morgan fingerprint density at radius 3 is 2.24 bits per heavy atom. The molecule has 0 saturated heterocycles. The summed E-state index contributed by atoms with van der Waals surface area (Å²) in [5, 5.41) is 0.555. The number of nitrogens with zero attached hydrogens (tertiary/aromatic N) is 4. The lowest BCUT2D eigenvalue weighted by Crippen LogP contribution is -2.37. The van der Waals surface area contributed by atoms with Gasteiger partial charge in [-0.1, -0.05) is 42.0 Å². The average Bonchev–Trinajstić information content (AvgIpc) is 3.17. The molecule has 2 aromatic carbocycles. The summed E-state index contributed by atoms with van der Waals surface area (Å²) >= 11 is 0. The molecule has 1 unspecified atom stereocenters. The third-order valence-electron chi connectivity index (χ3n) is 6.59. The highest BCUT2D eigenvalue weighted by Gasteiger charge is 2.33. The maximum absolute atomic E-state index is 13.4. The molecule has 0 N–H and O–H groups in total. The molecule has 1 atom stereocenters. The fraction of sp³-hybridized carbons (Fsp3) is 0.308. The van der Waals surface area contributed by atoms with Gasteiger partial charge in [0, 0.05) is 40.4 Å². The quantitative estimate of drug-likeness (QED) is 0.487. The molecule has 0 saturated carbocycles. The van der Waals surface area contributed by atoms with E-state index in [4.69, 9.17) is 4.74 Å². The van der Waals surface area contributed by atoms with Crippen LogP contribution >= 0.6 is 0 Å². The van der Waals surface area contributed by atoms with E-state index in [9.17, 15) is 9.59 Å². The van der Waals surface area contributed by atoms with Gasteiger partial charge in [0.15, 0.2) is 0 Å². The lowest BCUT2D eigenvalue weighted by molar-refractivity contribution is 0.0478. The van der Waals surface area contributed by atoms with Crippen LogP contribution in [0.3, 0.4) is 0 Å². The molecule has 7 heteroatoms. The van der Waals surface area contributed by atoms with Crippen molar-refractivity contribution in [2.24, 2.45) is 14.1 Å². The molecule has 1 aliphatic rings. The molecular weight excluding hydrogens is 416 g/mol. The van der Waals surface area contributed by atoms with E-state index in [1.807, 2.05) is 50.2 Å². The number of hydrogen-bond acceptors (Lipinski definition) is 4. The second kappa shape index (κ2) is 7.78. The Labute approximate surface area is 192 Å². The number of benzene rings is 2. The van der Waals surface area contributed by atoms with Crippen molar-refractivity contribution in [3.05, 3.63) is 86.2 Å². The van der Waals surface area contributed by atoms with Crippen LogP contribution in [0.15, 0.2) is 58.1 Å². The van der Waals surface area contributed by atoms with Crippen molar-refractivity contribution in [2.45, 2.75) is 19.6 Å². The number of anilines is 1. The van der Waals surface area contributed by atoms with Gasteiger partial charge in [0.05, 0.1) is 28.9 Å². The van der Waals surface area contributed by atoms with Crippen LogP contribution in [0.2, 0.25) is 0 Å². The normalized spacial score (nSPS) is 15.6. The Morgan fingerprint density at radius 2 is 1.61 bits per heavy atom. The predicted molar refractivity (Wildman–Crippen MR) is 131 cm³/mol. The van der Waals surface area contributed by atoms with E-state index in [1.165, 1.54) is 11.6 Å². The second-order valence-corrected chi connectivity index (χ2v) is 8.92. The van der Waals surface area contributed by atoms with Crippen LogP contribution < -0.4 is 16.1 Å². The molecule has 0 fully saturated rings. The topological polar surface area (TPSA) is 61.4 Å². The van der Waals surface area contributed by atoms with Crippen LogP contribution in [0.4, 0.5) is 5.69 Å². The molecule has 1 aliphatic heterocycles. The zero-order valence-corrected chi connectivity index (χ0v) is 19.6. The van der Waals surface area contributed by atoms with Crippen LogP contribution in [-0.2, 0) is 25.4 Å². The van der Waals surface area contributed by atoms with Gasteiger partial charge in [-0.15, -0.1) is 0 Å². The largest absolute Gasteiger partial charge is 0.378 e. The molecule has 0 amide bonds. The van der Waals surface area contributed by atoms with Gasteiger partial charge in [-0.05, 0) is 30.2 Å². The number of aromatic nitrogens is 3. The minimum absolute atomic E-state index is 0.285. The highest BCUT2D eigenvalue weighted by Crippen LogP contribution is 2.40. The van der Waals surface area contributed by atoms with Gasteiger partial charge in [-0.3, -0.25) is 13.9 Å². The molecule has 0 radical (unpaired) electrons. The molecule has 3 heterocycles. The van der Waals surface area contributed by atoms with Gasteiger partial charge in [0.25, 0.3) is 5.56 Å². The van der Waals surface area contributed by atoms with E-state index in [-0.39, 0.29) is 17.4 Å². The molecule has 0 bridgehead atoms. The summed E-state index contributed by atoms with van der Waals surface area (Å²) < 4.78 is 11.2. The fourth-order valence-corrected chi connectivity index (χ4v) is 4.79. The Hall–Kier alpha value is -3.58. The third-order valence-corrected chi connectivity index (χ3v) is 6.59. The summed E-state index contributed by atoms with van der Waals surface area (Å²) in [4.78, 5) is 28.4. The van der Waals surface area contributed by atoms with E-state index in [0.717, 1.165) is 33.8 Å². The van der Waals surface area contributed by atoms with Gasteiger partial charge < -0.3 is 14.2 Å². The molecule has 0 spiro atoms. The van der Waals surface area contributed by atoms with Crippen molar-refractivity contribution in [2.75, 3.05) is 25.6 Å². The molecule has 2 aromatic heterocycles. The van der Waals surface area contributed by atoms with E-state index in [1.54, 1.807) is 11.6 Å². The van der Waals surface area contributed by atoms with Crippen LogP contribution in [0.25, 0.3) is 22.2 Å². The van der Waals surface area contributed by atoms with Crippen molar-refractivity contribution >= 4 is 16.6 Å². The predicted octanol–water partition coefficient (Wildman–Crippen LogP) is 3.20. The number of rotatable bonds is 3. The van der Waals surface area contributed by atoms with E-state index < -0.39 is 0 Å². The maximum atomic E-state index is 13.4. The van der Waals surface area contributed by atoms with Gasteiger partial charge in [-0.25, -0.2) is 4.79 Å². The highest BCUT2D eigenvalue weighted by atomic mass is 16.5. The zero-order valence-electron chi connectivity index (χ0n) is 19.6. The monoisotopic (exact) mass is 444 g/mol. The summed E-state index contributed by atoms with van der Waals surface area (Å²) in [7, 11) is 7.27. The molecule has 0 aliphatic carbocycles. The van der Waals surface area contributed by atoms with Gasteiger partial charge in [0.2, 0.25) is 0 Å².